The van der Waals surface area contributed by atoms with Gasteiger partial charge in [0.1, 0.15) is 0 Å². The van der Waals surface area contributed by atoms with E-state index in [0.29, 0.717) is 24.3 Å². The molecule has 2 amide bonds. The van der Waals surface area contributed by atoms with E-state index in [0.717, 1.165) is 42.5 Å². The third-order valence-electron chi connectivity index (χ3n) is 7.35. The van der Waals surface area contributed by atoms with Gasteiger partial charge in [-0.05, 0) is 55.0 Å². The van der Waals surface area contributed by atoms with Crippen molar-refractivity contribution in [3.8, 4) is 0 Å². The molecule has 2 aromatic carbocycles. The summed E-state index contributed by atoms with van der Waals surface area (Å²) in [5, 5.41) is 3.17. The first-order chi connectivity index (χ1) is 17.4. The van der Waals surface area contributed by atoms with Crippen molar-refractivity contribution in [2.75, 3.05) is 11.9 Å². The number of anilines is 1. The van der Waals surface area contributed by atoms with Crippen LogP contribution in [0.25, 0.3) is 0 Å². The van der Waals surface area contributed by atoms with E-state index in [1.165, 1.54) is 6.42 Å². The molecule has 3 aromatic rings. The number of carbonyl (C=O) groups excluding carboxylic acids is 2. The van der Waals surface area contributed by atoms with Crippen molar-refractivity contribution >= 4 is 17.5 Å². The van der Waals surface area contributed by atoms with Gasteiger partial charge in [0, 0.05) is 36.0 Å². The van der Waals surface area contributed by atoms with Crippen molar-refractivity contribution in [2.24, 2.45) is 0 Å². The molecular formula is C31H37N3O2. The van der Waals surface area contributed by atoms with Gasteiger partial charge in [0.05, 0.1) is 5.69 Å². The molecule has 1 fully saturated rings. The molecule has 1 aliphatic carbocycles. The molecule has 1 aromatic heterocycles. The highest BCUT2D eigenvalue weighted by atomic mass is 16.2. The third-order valence-corrected chi connectivity index (χ3v) is 7.35. The Balaban J connectivity index is 1.71. The number of hydrogen-bond donors (Lipinski definition) is 1. The summed E-state index contributed by atoms with van der Waals surface area (Å²) in [6.07, 6.45) is 7.33. The van der Waals surface area contributed by atoms with E-state index >= 15 is 0 Å². The van der Waals surface area contributed by atoms with Gasteiger partial charge in [0.15, 0.2) is 5.78 Å². The maximum absolute atomic E-state index is 14.0. The van der Waals surface area contributed by atoms with Gasteiger partial charge >= 0.3 is 6.03 Å². The summed E-state index contributed by atoms with van der Waals surface area (Å²) in [5.41, 5.74) is 4.08. The fourth-order valence-corrected chi connectivity index (χ4v) is 5.44. The lowest BCUT2D eigenvalue weighted by molar-refractivity contribution is 0.101. The van der Waals surface area contributed by atoms with Crippen LogP contribution >= 0.6 is 0 Å². The number of nitrogens with zero attached hydrogens (tertiary/aromatic N) is 2. The largest absolute Gasteiger partial charge is 0.322 e. The molecular weight excluding hydrogens is 446 g/mol. The van der Waals surface area contributed by atoms with Crippen molar-refractivity contribution in [1.29, 1.82) is 0 Å². The normalized spacial score (nSPS) is 14.9. The van der Waals surface area contributed by atoms with Gasteiger partial charge in [-0.1, -0.05) is 81.6 Å². The highest BCUT2D eigenvalue weighted by Crippen LogP contribution is 2.40. The molecule has 5 nitrogen and oxygen atoms in total. The zero-order chi connectivity index (χ0) is 25.5. The molecule has 0 radical (unpaired) electrons. The molecule has 36 heavy (non-hydrogen) atoms. The number of pyridine rings is 1. The molecule has 0 aliphatic heterocycles. The molecule has 1 aliphatic rings. The van der Waals surface area contributed by atoms with E-state index < -0.39 is 0 Å². The lowest BCUT2D eigenvalue weighted by Crippen LogP contribution is -2.46. The first-order valence-corrected chi connectivity index (χ1v) is 13.0. The van der Waals surface area contributed by atoms with E-state index in [-0.39, 0.29) is 23.1 Å². The fourth-order valence-electron chi connectivity index (χ4n) is 5.44. The summed E-state index contributed by atoms with van der Waals surface area (Å²) in [6, 6.07) is 21.7. The zero-order valence-corrected chi connectivity index (χ0v) is 21.7. The Bertz CT molecular complexity index is 1170. The summed E-state index contributed by atoms with van der Waals surface area (Å²) in [4.78, 5) is 33.1. The summed E-state index contributed by atoms with van der Waals surface area (Å²) >= 11 is 0. The molecule has 0 bridgehead atoms. The van der Waals surface area contributed by atoms with Crippen molar-refractivity contribution in [1.82, 2.24) is 9.88 Å². The Kier molecular flexibility index (Phi) is 8.19. The Morgan fingerprint density at radius 2 is 1.67 bits per heavy atom. The maximum atomic E-state index is 14.0. The van der Waals surface area contributed by atoms with Crippen LogP contribution < -0.4 is 5.32 Å². The monoisotopic (exact) mass is 483 g/mol. The molecule has 0 spiro atoms. The van der Waals surface area contributed by atoms with Crippen molar-refractivity contribution in [3.63, 3.8) is 0 Å². The number of urea groups is 1. The number of para-hydroxylation sites is 1. The van der Waals surface area contributed by atoms with Crippen LogP contribution in [0.4, 0.5) is 10.5 Å². The second-order valence-corrected chi connectivity index (χ2v) is 10.3. The van der Waals surface area contributed by atoms with Gasteiger partial charge in [-0.3, -0.25) is 9.78 Å². The lowest BCUT2D eigenvalue weighted by atomic mass is 9.71. The topological polar surface area (TPSA) is 62.3 Å². The van der Waals surface area contributed by atoms with E-state index in [2.05, 4.69) is 37.4 Å². The van der Waals surface area contributed by atoms with Crippen LogP contribution in [0.2, 0.25) is 0 Å². The molecule has 0 atom stereocenters. The Hall–Kier alpha value is -3.47. The highest BCUT2D eigenvalue weighted by Gasteiger charge is 2.38. The predicted molar refractivity (Wildman–Crippen MR) is 145 cm³/mol. The van der Waals surface area contributed by atoms with Gasteiger partial charge < -0.3 is 10.2 Å². The lowest BCUT2D eigenvalue weighted by Gasteiger charge is -2.41. The van der Waals surface area contributed by atoms with Gasteiger partial charge in [-0.15, -0.1) is 0 Å². The van der Waals surface area contributed by atoms with Gasteiger partial charge in [-0.2, -0.15) is 0 Å². The van der Waals surface area contributed by atoms with Gasteiger partial charge in [0.25, 0.3) is 0 Å². The molecule has 1 N–H and O–H groups in total. The van der Waals surface area contributed by atoms with Crippen LogP contribution in [-0.4, -0.2) is 28.2 Å². The molecule has 1 heterocycles. The first-order valence-electron chi connectivity index (χ1n) is 13.0. The zero-order valence-electron chi connectivity index (χ0n) is 21.7. The summed E-state index contributed by atoms with van der Waals surface area (Å²) in [7, 11) is 0. The molecule has 0 unspecified atom stereocenters. The third kappa shape index (κ3) is 5.84. The van der Waals surface area contributed by atoms with Crippen LogP contribution in [0.15, 0.2) is 72.9 Å². The molecule has 5 heteroatoms. The predicted octanol–water partition coefficient (Wildman–Crippen LogP) is 7.34. The van der Waals surface area contributed by atoms with Crippen LogP contribution in [0, 0.1) is 0 Å². The van der Waals surface area contributed by atoms with Crippen molar-refractivity contribution in [3.05, 3.63) is 95.3 Å². The Labute approximate surface area is 215 Å². The number of ketones is 1. The SMILES string of the molecule is CC(=O)c1cccc(C(C)C)c1NC(=O)N(Cc1ccccc1)CC1(c2ccccn2)CCCCC1. The highest BCUT2D eigenvalue weighted by molar-refractivity contribution is 6.04. The minimum absolute atomic E-state index is 0.0559. The molecule has 1 saturated carbocycles. The number of Topliss-reactive ketones (excluding diaryl/α,β-unsaturated/α-hetero) is 1. The number of hydrogen-bond acceptors (Lipinski definition) is 3. The van der Waals surface area contributed by atoms with E-state index in [1.54, 1.807) is 13.0 Å². The number of aromatic nitrogens is 1. The quantitative estimate of drug-likeness (QED) is 0.341. The summed E-state index contributed by atoms with van der Waals surface area (Å²) in [6.45, 7) is 6.77. The summed E-state index contributed by atoms with van der Waals surface area (Å²) < 4.78 is 0. The molecule has 4 rings (SSSR count). The van der Waals surface area contributed by atoms with E-state index in [9.17, 15) is 9.59 Å². The van der Waals surface area contributed by atoms with E-state index in [4.69, 9.17) is 4.98 Å². The minimum atomic E-state index is -0.188. The second-order valence-electron chi connectivity index (χ2n) is 10.3. The van der Waals surface area contributed by atoms with Crippen molar-refractivity contribution < 1.29 is 9.59 Å². The smallest absolute Gasteiger partial charge is 0.319 e. The minimum Gasteiger partial charge on any atom is -0.319 e. The Morgan fingerprint density at radius 3 is 2.31 bits per heavy atom. The van der Waals surface area contributed by atoms with Crippen LogP contribution in [0.1, 0.15) is 86.0 Å². The fraction of sp³-hybridized carbons (Fsp3) is 0.387. The molecule has 188 valence electrons. The summed E-state index contributed by atoms with van der Waals surface area (Å²) in [5.74, 6) is 0.111. The van der Waals surface area contributed by atoms with Crippen LogP contribution in [-0.2, 0) is 12.0 Å². The number of nitrogens with one attached hydrogen (secondary N) is 1. The van der Waals surface area contributed by atoms with Crippen LogP contribution in [0.5, 0.6) is 0 Å². The van der Waals surface area contributed by atoms with Crippen LogP contribution in [0.3, 0.4) is 0 Å². The average Bonchev–Trinajstić information content (AvgIpc) is 2.90. The maximum Gasteiger partial charge on any atom is 0.322 e. The van der Waals surface area contributed by atoms with Gasteiger partial charge in [0.2, 0.25) is 0 Å². The standard InChI is InChI=1S/C31H37N3O2/c1-23(2)26-15-12-16-27(24(3)35)29(26)33-30(36)34(21-25-13-6-4-7-14-25)22-31(18-9-5-10-19-31)28-17-8-11-20-32-28/h4,6-8,11-17,20,23H,5,9-10,18-19,21-22H2,1-3H3,(H,33,36). The van der Waals surface area contributed by atoms with Crippen molar-refractivity contribution in [2.45, 2.75) is 70.8 Å². The Morgan fingerprint density at radius 1 is 0.944 bits per heavy atom. The second kappa shape index (κ2) is 11.5. The first kappa shape index (κ1) is 25.6. The van der Waals surface area contributed by atoms with Gasteiger partial charge in [-0.25, -0.2) is 4.79 Å². The number of rotatable bonds is 8. The number of carbonyl (C=O) groups is 2. The molecule has 0 saturated heterocycles. The number of amides is 2. The van der Waals surface area contributed by atoms with E-state index in [1.807, 2.05) is 53.6 Å². The number of benzene rings is 2. The average molecular weight is 484 g/mol.